The third-order valence-electron chi connectivity index (χ3n) is 3.38. The Labute approximate surface area is 132 Å². The SMILES string of the molecule is Oc1c(Cl)cc(NCc2cccc3ccccc23)cc1Cl. The van der Waals surface area contributed by atoms with Crippen molar-refractivity contribution in [2.24, 2.45) is 0 Å². The molecule has 0 aliphatic rings. The van der Waals surface area contributed by atoms with Crippen LogP contribution >= 0.6 is 23.2 Å². The van der Waals surface area contributed by atoms with Gasteiger partial charge in [-0.15, -0.1) is 0 Å². The minimum atomic E-state index is -0.0888. The van der Waals surface area contributed by atoms with Gasteiger partial charge in [0.2, 0.25) is 0 Å². The van der Waals surface area contributed by atoms with Crippen LogP contribution in [0.4, 0.5) is 5.69 Å². The van der Waals surface area contributed by atoms with E-state index in [0.29, 0.717) is 6.54 Å². The number of fused-ring (bicyclic) bond motifs is 1. The van der Waals surface area contributed by atoms with Gasteiger partial charge in [0.05, 0.1) is 10.0 Å². The molecule has 3 aromatic carbocycles. The maximum atomic E-state index is 9.57. The largest absolute Gasteiger partial charge is 0.505 e. The molecule has 2 nitrogen and oxygen atoms in total. The first-order chi connectivity index (χ1) is 10.1. The van der Waals surface area contributed by atoms with Crippen molar-refractivity contribution in [3.63, 3.8) is 0 Å². The smallest absolute Gasteiger partial charge is 0.152 e. The van der Waals surface area contributed by atoms with Crippen LogP contribution in [0.3, 0.4) is 0 Å². The van der Waals surface area contributed by atoms with E-state index >= 15 is 0 Å². The Morgan fingerprint density at radius 1 is 0.905 bits per heavy atom. The lowest BCUT2D eigenvalue weighted by Crippen LogP contribution is -2.00. The van der Waals surface area contributed by atoms with E-state index in [2.05, 4.69) is 29.6 Å². The summed E-state index contributed by atoms with van der Waals surface area (Å²) >= 11 is 11.8. The van der Waals surface area contributed by atoms with E-state index in [1.54, 1.807) is 12.1 Å². The van der Waals surface area contributed by atoms with Gasteiger partial charge in [-0.3, -0.25) is 0 Å². The summed E-state index contributed by atoms with van der Waals surface area (Å²) in [7, 11) is 0. The summed E-state index contributed by atoms with van der Waals surface area (Å²) < 4.78 is 0. The molecule has 0 unspecified atom stereocenters. The lowest BCUT2D eigenvalue weighted by molar-refractivity contribution is 0.476. The van der Waals surface area contributed by atoms with Crippen LogP contribution in [0, 0.1) is 0 Å². The van der Waals surface area contributed by atoms with E-state index in [0.717, 1.165) is 5.69 Å². The van der Waals surface area contributed by atoms with E-state index in [-0.39, 0.29) is 15.8 Å². The van der Waals surface area contributed by atoms with Crippen LogP contribution in [-0.2, 0) is 6.54 Å². The Balaban J connectivity index is 1.87. The molecule has 0 radical (unpaired) electrons. The van der Waals surface area contributed by atoms with Gasteiger partial charge in [0.25, 0.3) is 0 Å². The van der Waals surface area contributed by atoms with Gasteiger partial charge in [-0.25, -0.2) is 0 Å². The molecule has 0 aliphatic carbocycles. The van der Waals surface area contributed by atoms with Gasteiger partial charge in [-0.05, 0) is 28.5 Å². The summed E-state index contributed by atoms with van der Waals surface area (Å²) in [4.78, 5) is 0. The minimum absolute atomic E-state index is 0.0888. The summed E-state index contributed by atoms with van der Waals surface area (Å²) in [5.74, 6) is -0.0888. The molecule has 0 heterocycles. The standard InChI is InChI=1S/C17H13Cl2NO/c18-15-8-13(9-16(19)17(15)21)20-10-12-6-3-5-11-4-1-2-7-14(11)12/h1-9,20-21H,10H2. The molecule has 0 fully saturated rings. The van der Waals surface area contributed by atoms with Crippen molar-refractivity contribution >= 4 is 39.7 Å². The van der Waals surface area contributed by atoms with Crippen molar-refractivity contribution in [3.8, 4) is 5.75 Å². The summed E-state index contributed by atoms with van der Waals surface area (Å²) in [6.07, 6.45) is 0. The van der Waals surface area contributed by atoms with Gasteiger partial charge in [0.15, 0.2) is 5.75 Å². The first-order valence-electron chi connectivity index (χ1n) is 6.53. The molecule has 3 aromatic rings. The number of anilines is 1. The molecule has 0 bridgehead atoms. The molecule has 0 amide bonds. The summed E-state index contributed by atoms with van der Waals surface area (Å²) in [5.41, 5.74) is 1.96. The zero-order chi connectivity index (χ0) is 14.8. The van der Waals surface area contributed by atoms with Crippen LogP contribution in [-0.4, -0.2) is 5.11 Å². The lowest BCUT2D eigenvalue weighted by Gasteiger charge is -2.11. The number of aromatic hydroxyl groups is 1. The average molecular weight is 318 g/mol. The number of hydrogen-bond donors (Lipinski definition) is 2. The molecule has 0 saturated heterocycles. The van der Waals surface area contributed by atoms with Crippen molar-refractivity contribution in [2.45, 2.75) is 6.54 Å². The second kappa shape index (κ2) is 5.84. The molecule has 0 aromatic heterocycles. The van der Waals surface area contributed by atoms with Crippen molar-refractivity contribution in [3.05, 3.63) is 70.2 Å². The Bertz CT molecular complexity index is 773. The highest BCUT2D eigenvalue weighted by Gasteiger charge is 2.07. The topological polar surface area (TPSA) is 32.3 Å². The molecule has 2 N–H and O–H groups in total. The summed E-state index contributed by atoms with van der Waals surface area (Å²) in [6.45, 7) is 0.652. The zero-order valence-electron chi connectivity index (χ0n) is 11.1. The van der Waals surface area contributed by atoms with Gasteiger partial charge in [0.1, 0.15) is 0 Å². The molecule has 0 spiro atoms. The van der Waals surface area contributed by atoms with Crippen LogP contribution < -0.4 is 5.32 Å². The Morgan fingerprint density at radius 2 is 1.57 bits per heavy atom. The number of halogens is 2. The van der Waals surface area contributed by atoms with E-state index in [1.807, 2.05) is 18.2 Å². The summed E-state index contributed by atoms with van der Waals surface area (Å²) in [6, 6.07) is 17.8. The number of phenols is 1. The lowest BCUT2D eigenvalue weighted by atomic mass is 10.0. The maximum absolute atomic E-state index is 9.57. The molecular formula is C17H13Cl2NO. The molecule has 106 valence electrons. The van der Waals surface area contributed by atoms with Gasteiger partial charge in [-0.2, -0.15) is 0 Å². The van der Waals surface area contributed by atoms with Crippen LogP contribution in [0.5, 0.6) is 5.75 Å². The molecule has 0 saturated carbocycles. The highest BCUT2D eigenvalue weighted by Crippen LogP contribution is 2.34. The van der Waals surface area contributed by atoms with Crippen LogP contribution in [0.25, 0.3) is 10.8 Å². The number of rotatable bonds is 3. The highest BCUT2D eigenvalue weighted by molar-refractivity contribution is 6.37. The second-order valence-electron chi connectivity index (χ2n) is 4.78. The van der Waals surface area contributed by atoms with Crippen LogP contribution in [0.2, 0.25) is 10.0 Å². The third kappa shape index (κ3) is 2.92. The number of hydrogen-bond acceptors (Lipinski definition) is 2. The van der Waals surface area contributed by atoms with E-state index in [9.17, 15) is 5.11 Å². The first-order valence-corrected chi connectivity index (χ1v) is 7.29. The highest BCUT2D eigenvalue weighted by atomic mass is 35.5. The fourth-order valence-corrected chi connectivity index (χ4v) is 2.80. The zero-order valence-corrected chi connectivity index (χ0v) is 12.6. The quantitative estimate of drug-likeness (QED) is 0.628. The van der Waals surface area contributed by atoms with E-state index < -0.39 is 0 Å². The van der Waals surface area contributed by atoms with Crippen molar-refractivity contribution in [1.82, 2.24) is 0 Å². The molecule has 3 rings (SSSR count). The molecule has 21 heavy (non-hydrogen) atoms. The van der Waals surface area contributed by atoms with Gasteiger partial charge < -0.3 is 10.4 Å². The van der Waals surface area contributed by atoms with Crippen molar-refractivity contribution < 1.29 is 5.11 Å². The monoisotopic (exact) mass is 317 g/mol. The third-order valence-corrected chi connectivity index (χ3v) is 3.96. The van der Waals surface area contributed by atoms with Gasteiger partial charge in [0, 0.05) is 12.2 Å². The predicted molar refractivity (Wildman–Crippen MR) is 89.4 cm³/mol. The Hall–Kier alpha value is -1.90. The fraction of sp³-hybridized carbons (Fsp3) is 0.0588. The van der Waals surface area contributed by atoms with Gasteiger partial charge in [-0.1, -0.05) is 65.7 Å². The van der Waals surface area contributed by atoms with E-state index in [1.165, 1.54) is 16.3 Å². The Kier molecular flexibility index (Phi) is 3.91. The van der Waals surface area contributed by atoms with Crippen molar-refractivity contribution in [2.75, 3.05) is 5.32 Å². The van der Waals surface area contributed by atoms with Crippen molar-refractivity contribution in [1.29, 1.82) is 0 Å². The molecular weight excluding hydrogens is 305 g/mol. The summed E-state index contributed by atoms with van der Waals surface area (Å²) in [5, 5.41) is 15.7. The number of nitrogens with one attached hydrogen (secondary N) is 1. The Morgan fingerprint density at radius 3 is 2.33 bits per heavy atom. The first kappa shape index (κ1) is 14.1. The van der Waals surface area contributed by atoms with Crippen LogP contribution in [0.15, 0.2) is 54.6 Å². The normalized spacial score (nSPS) is 10.8. The average Bonchev–Trinajstić information content (AvgIpc) is 2.50. The molecule has 0 aliphatic heterocycles. The van der Waals surface area contributed by atoms with Crippen LogP contribution in [0.1, 0.15) is 5.56 Å². The minimum Gasteiger partial charge on any atom is -0.505 e. The van der Waals surface area contributed by atoms with Gasteiger partial charge >= 0.3 is 0 Å². The fourth-order valence-electron chi connectivity index (χ4n) is 2.31. The predicted octanol–water partition coefficient (Wildman–Crippen LogP) is 5.46. The molecule has 0 atom stereocenters. The van der Waals surface area contributed by atoms with E-state index in [4.69, 9.17) is 23.2 Å². The second-order valence-corrected chi connectivity index (χ2v) is 5.59. The molecule has 4 heteroatoms. The number of benzene rings is 3. The maximum Gasteiger partial charge on any atom is 0.152 e. The number of phenolic OH excluding ortho intramolecular Hbond substituents is 1.